The number of aliphatic hydroxyl groups is 5. The number of hydrogen-bond acceptors (Lipinski definition) is 8. The number of hydrazone groups is 1. The van der Waals surface area contributed by atoms with Crippen molar-refractivity contribution >= 4 is 12.1 Å². The van der Waals surface area contributed by atoms with Gasteiger partial charge >= 0.3 is 0 Å². The first-order valence-electron chi connectivity index (χ1n) is 6.32. The van der Waals surface area contributed by atoms with E-state index in [0.29, 0.717) is 5.56 Å². The number of benzene rings is 1. The Bertz CT molecular complexity index is 523. The van der Waals surface area contributed by atoms with Crippen LogP contribution in [0.3, 0.4) is 0 Å². The van der Waals surface area contributed by atoms with Crippen molar-refractivity contribution < 1.29 is 35.4 Å². The Hall–Kier alpha value is -2.04. The van der Waals surface area contributed by atoms with Crippen molar-refractivity contribution in [2.24, 2.45) is 5.10 Å². The zero-order chi connectivity index (χ0) is 16.7. The second kappa shape index (κ2) is 8.41. The van der Waals surface area contributed by atoms with Crippen LogP contribution in [0.15, 0.2) is 29.4 Å². The fraction of sp³-hybridized carbons (Fsp3) is 0.385. The smallest absolute Gasteiger partial charge is 0.271 e. The third-order valence-corrected chi connectivity index (χ3v) is 2.84. The maximum Gasteiger partial charge on any atom is 0.271 e. The predicted molar refractivity (Wildman–Crippen MR) is 75.0 cm³/mol. The largest absolute Gasteiger partial charge is 0.507 e. The van der Waals surface area contributed by atoms with Crippen LogP contribution in [0, 0.1) is 0 Å². The van der Waals surface area contributed by atoms with Gasteiger partial charge in [0.25, 0.3) is 5.91 Å². The van der Waals surface area contributed by atoms with E-state index in [9.17, 15) is 25.2 Å². The third kappa shape index (κ3) is 4.76. The summed E-state index contributed by atoms with van der Waals surface area (Å²) in [6.45, 7) is -0.849. The van der Waals surface area contributed by atoms with E-state index < -0.39 is 36.9 Å². The summed E-state index contributed by atoms with van der Waals surface area (Å²) in [5.41, 5.74) is 2.22. The topological polar surface area (TPSA) is 163 Å². The molecule has 0 saturated heterocycles. The number of hydrogen-bond donors (Lipinski definition) is 7. The number of phenolic OH excluding ortho intramolecular Hbond substituents is 1. The van der Waals surface area contributed by atoms with E-state index in [0.717, 1.165) is 6.21 Å². The Labute approximate surface area is 125 Å². The maximum absolute atomic E-state index is 11.5. The van der Waals surface area contributed by atoms with Gasteiger partial charge in [-0.25, -0.2) is 5.43 Å². The normalized spacial score (nSPS) is 17.0. The summed E-state index contributed by atoms with van der Waals surface area (Å²) in [6, 6.07) is 6.17. The van der Waals surface area contributed by atoms with Gasteiger partial charge in [-0.15, -0.1) is 0 Å². The van der Waals surface area contributed by atoms with Crippen LogP contribution in [0.5, 0.6) is 5.75 Å². The highest BCUT2D eigenvalue weighted by molar-refractivity contribution is 5.86. The van der Waals surface area contributed by atoms with Crippen LogP contribution in [0.4, 0.5) is 0 Å². The average Bonchev–Trinajstić information content (AvgIpc) is 2.53. The molecule has 0 spiro atoms. The molecule has 1 aromatic rings. The Balaban J connectivity index is 2.59. The van der Waals surface area contributed by atoms with Gasteiger partial charge in [-0.2, -0.15) is 5.10 Å². The van der Waals surface area contributed by atoms with E-state index in [2.05, 4.69) is 5.10 Å². The van der Waals surface area contributed by atoms with E-state index >= 15 is 0 Å². The molecule has 0 fully saturated rings. The predicted octanol–water partition coefficient (Wildman–Crippen LogP) is -2.72. The van der Waals surface area contributed by atoms with Crippen molar-refractivity contribution in [1.29, 1.82) is 0 Å². The molecule has 122 valence electrons. The van der Waals surface area contributed by atoms with Crippen LogP contribution in [0.25, 0.3) is 0 Å². The van der Waals surface area contributed by atoms with E-state index in [1.54, 1.807) is 12.1 Å². The summed E-state index contributed by atoms with van der Waals surface area (Å²) in [5, 5.41) is 59.1. The molecule has 4 atom stereocenters. The third-order valence-electron chi connectivity index (χ3n) is 2.84. The van der Waals surface area contributed by atoms with Gasteiger partial charge < -0.3 is 30.6 Å². The molecule has 0 heterocycles. The summed E-state index contributed by atoms with van der Waals surface area (Å²) < 4.78 is 0. The Morgan fingerprint density at radius 3 is 2.41 bits per heavy atom. The molecule has 1 amide bonds. The first kappa shape index (κ1) is 18.0. The van der Waals surface area contributed by atoms with Crippen LogP contribution >= 0.6 is 0 Å². The Morgan fingerprint density at radius 1 is 1.18 bits per heavy atom. The monoisotopic (exact) mass is 314 g/mol. The number of rotatable bonds is 7. The molecule has 0 radical (unpaired) electrons. The minimum Gasteiger partial charge on any atom is -0.507 e. The highest BCUT2D eigenvalue weighted by Crippen LogP contribution is 2.12. The lowest BCUT2D eigenvalue weighted by molar-refractivity contribution is -0.148. The molecular formula is C13H18N2O7. The van der Waals surface area contributed by atoms with Gasteiger partial charge in [0.05, 0.1) is 12.8 Å². The molecule has 0 aliphatic heterocycles. The molecule has 9 nitrogen and oxygen atoms in total. The zero-order valence-electron chi connectivity index (χ0n) is 11.4. The van der Waals surface area contributed by atoms with Gasteiger partial charge in [0.15, 0.2) is 6.10 Å². The molecule has 0 aliphatic carbocycles. The van der Waals surface area contributed by atoms with E-state index in [1.165, 1.54) is 12.1 Å². The number of carbonyl (C=O) groups is 1. The number of phenols is 1. The molecule has 0 saturated carbocycles. The SMILES string of the molecule is O=C(N/N=C\c1ccccc1O)[C@@H](O)[C@@H](O)[C@@H](O)[C@H](O)CO. The molecular weight excluding hydrogens is 296 g/mol. The van der Waals surface area contributed by atoms with Gasteiger partial charge in [-0.1, -0.05) is 12.1 Å². The fourth-order valence-electron chi connectivity index (χ4n) is 1.51. The second-order valence-electron chi connectivity index (χ2n) is 4.47. The molecule has 22 heavy (non-hydrogen) atoms. The molecule has 7 N–H and O–H groups in total. The number of carbonyl (C=O) groups excluding carboxylic acids is 1. The van der Waals surface area contributed by atoms with Gasteiger partial charge in [0, 0.05) is 5.56 Å². The van der Waals surface area contributed by atoms with E-state index in [-0.39, 0.29) is 5.75 Å². The summed E-state index contributed by atoms with van der Waals surface area (Å²) in [4.78, 5) is 11.5. The molecule has 0 unspecified atom stereocenters. The summed E-state index contributed by atoms with van der Waals surface area (Å²) in [5.74, 6) is -1.20. The van der Waals surface area contributed by atoms with E-state index in [1.807, 2.05) is 5.43 Å². The van der Waals surface area contributed by atoms with Gasteiger partial charge in [0.2, 0.25) is 0 Å². The minimum absolute atomic E-state index is 0.0671. The number of nitrogens with zero attached hydrogens (tertiary/aromatic N) is 1. The Morgan fingerprint density at radius 2 is 1.82 bits per heavy atom. The van der Waals surface area contributed by atoms with Crippen molar-refractivity contribution in [2.75, 3.05) is 6.61 Å². The van der Waals surface area contributed by atoms with Crippen molar-refractivity contribution in [3.63, 3.8) is 0 Å². The lowest BCUT2D eigenvalue weighted by Crippen LogP contribution is -2.50. The lowest BCUT2D eigenvalue weighted by atomic mass is 10.0. The highest BCUT2D eigenvalue weighted by atomic mass is 16.4. The standard InChI is InChI=1S/C13H18N2O7/c16-6-9(18)10(19)11(20)12(21)13(22)15-14-5-7-3-1-2-4-8(7)17/h1-5,9-12,16-21H,6H2,(H,15,22)/b14-5-/t9-,10+,11+,12+/m1/s1. The zero-order valence-corrected chi connectivity index (χ0v) is 11.4. The summed E-state index contributed by atoms with van der Waals surface area (Å²) >= 11 is 0. The first-order valence-corrected chi connectivity index (χ1v) is 6.32. The quantitative estimate of drug-likeness (QED) is 0.212. The molecule has 1 rings (SSSR count). The van der Waals surface area contributed by atoms with Crippen LogP contribution in [-0.2, 0) is 4.79 Å². The summed E-state index contributed by atoms with van der Waals surface area (Å²) in [6.07, 6.45) is -6.58. The molecule has 0 aromatic heterocycles. The molecule has 0 bridgehead atoms. The van der Waals surface area contributed by atoms with Gasteiger partial charge in [0.1, 0.15) is 24.1 Å². The molecule has 9 heteroatoms. The van der Waals surface area contributed by atoms with Crippen molar-refractivity contribution in [2.45, 2.75) is 24.4 Å². The van der Waals surface area contributed by atoms with Crippen molar-refractivity contribution in [3.8, 4) is 5.75 Å². The van der Waals surface area contributed by atoms with Gasteiger partial charge in [-0.05, 0) is 12.1 Å². The second-order valence-corrected chi connectivity index (χ2v) is 4.47. The number of aliphatic hydroxyl groups excluding tert-OH is 5. The molecule has 0 aliphatic rings. The van der Waals surface area contributed by atoms with Crippen LogP contribution in [0.1, 0.15) is 5.56 Å². The van der Waals surface area contributed by atoms with Crippen LogP contribution < -0.4 is 5.43 Å². The first-order chi connectivity index (χ1) is 10.4. The number of para-hydroxylation sites is 1. The number of amides is 1. The van der Waals surface area contributed by atoms with Crippen molar-refractivity contribution in [3.05, 3.63) is 29.8 Å². The van der Waals surface area contributed by atoms with Crippen molar-refractivity contribution in [1.82, 2.24) is 5.43 Å². The molecule has 1 aromatic carbocycles. The number of nitrogens with one attached hydrogen (secondary N) is 1. The highest BCUT2D eigenvalue weighted by Gasteiger charge is 2.34. The number of aromatic hydroxyl groups is 1. The fourth-order valence-corrected chi connectivity index (χ4v) is 1.51. The van der Waals surface area contributed by atoms with Gasteiger partial charge in [-0.3, -0.25) is 4.79 Å². The minimum atomic E-state index is -2.07. The van der Waals surface area contributed by atoms with Crippen LogP contribution in [0.2, 0.25) is 0 Å². The Kier molecular flexibility index (Phi) is 6.89. The summed E-state index contributed by atoms with van der Waals surface area (Å²) in [7, 11) is 0. The van der Waals surface area contributed by atoms with Crippen LogP contribution in [-0.4, -0.2) is 73.8 Å². The maximum atomic E-state index is 11.5. The van der Waals surface area contributed by atoms with E-state index in [4.69, 9.17) is 10.2 Å². The lowest BCUT2D eigenvalue weighted by Gasteiger charge is -2.24. The average molecular weight is 314 g/mol.